The summed E-state index contributed by atoms with van der Waals surface area (Å²) >= 11 is 0. The topological polar surface area (TPSA) is 78.9 Å². The van der Waals surface area contributed by atoms with Crippen LogP contribution in [0.25, 0.3) is 11.4 Å². The molecule has 0 fully saturated rings. The van der Waals surface area contributed by atoms with Gasteiger partial charge in [-0.2, -0.15) is 0 Å². The van der Waals surface area contributed by atoms with Crippen molar-refractivity contribution in [3.05, 3.63) is 36.4 Å². The monoisotopic (exact) mass is 203 g/mol. The van der Waals surface area contributed by atoms with Crippen LogP contribution in [0.2, 0.25) is 0 Å². The van der Waals surface area contributed by atoms with Crippen molar-refractivity contribution in [2.45, 2.75) is 6.42 Å². The predicted molar refractivity (Wildman–Crippen MR) is 53.2 cm³/mol. The van der Waals surface area contributed by atoms with Crippen molar-refractivity contribution in [2.75, 3.05) is 0 Å². The third-order valence-electron chi connectivity index (χ3n) is 1.89. The van der Waals surface area contributed by atoms with Gasteiger partial charge < -0.3 is 10.1 Å². The first-order chi connectivity index (χ1) is 7.25. The Bertz CT molecular complexity index is 465. The Morgan fingerprint density at radius 3 is 3.00 bits per heavy atom. The van der Waals surface area contributed by atoms with E-state index in [1.807, 2.05) is 12.1 Å². The maximum atomic E-state index is 10.5. The number of nitrogens with zero attached hydrogens (tertiary/aromatic N) is 2. The largest absolute Gasteiger partial charge is 0.481 e. The maximum absolute atomic E-state index is 10.5. The highest BCUT2D eigenvalue weighted by Crippen LogP contribution is 2.13. The average Bonchev–Trinajstić information content (AvgIpc) is 2.69. The summed E-state index contributed by atoms with van der Waals surface area (Å²) in [7, 11) is 0. The second-order valence-electron chi connectivity index (χ2n) is 3.01. The van der Waals surface area contributed by atoms with Crippen LogP contribution in [-0.2, 0) is 11.2 Å². The van der Waals surface area contributed by atoms with E-state index in [0.717, 1.165) is 5.69 Å². The molecule has 0 aliphatic rings. The number of carboxylic acid groups (broad SMARTS) is 1. The Labute approximate surface area is 85.8 Å². The van der Waals surface area contributed by atoms with E-state index in [1.165, 1.54) is 0 Å². The normalized spacial score (nSPS) is 10.1. The number of H-pyrrole nitrogens is 1. The molecule has 0 aromatic carbocycles. The van der Waals surface area contributed by atoms with Crippen LogP contribution in [0.3, 0.4) is 0 Å². The van der Waals surface area contributed by atoms with E-state index in [2.05, 4.69) is 15.0 Å². The SMILES string of the molecule is O=C(O)Cc1nccc(-c2ccc[nH]2)n1. The van der Waals surface area contributed by atoms with Gasteiger partial charge in [-0.05, 0) is 18.2 Å². The fourth-order valence-electron chi connectivity index (χ4n) is 1.26. The van der Waals surface area contributed by atoms with E-state index < -0.39 is 5.97 Å². The van der Waals surface area contributed by atoms with Crippen LogP contribution in [-0.4, -0.2) is 26.0 Å². The lowest BCUT2D eigenvalue weighted by Gasteiger charge is -1.99. The van der Waals surface area contributed by atoms with E-state index in [9.17, 15) is 4.79 Å². The van der Waals surface area contributed by atoms with Gasteiger partial charge in [0.25, 0.3) is 0 Å². The molecule has 0 radical (unpaired) electrons. The third-order valence-corrected chi connectivity index (χ3v) is 1.89. The number of carboxylic acids is 1. The number of hydrogen-bond donors (Lipinski definition) is 2. The molecule has 0 spiro atoms. The molecule has 2 aromatic heterocycles. The molecule has 2 N–H and O–H groups in total. The Morgan fingerprint density at radius 2 is 2.33 bits per heavy atom. The summed E-state index contributed by atoms with van der Waals surface area (Å²) in [6.45, 7) is 0. The minimum atomic E-state index is -0.932. The summed E-state index contributed by atoms with van der Waals surface area (Å²) < 4.78 is 0. The van der Waals surface area contributed by atoms with Gasteiger partial charge in [-0.15, -0.1) is 0 Å². The number of aromatic nitrogens is 3. The number of aliphatic carboxylic acids is 1. The van der Waals surface area contributed by atoms with Gasteiger partial charge in [-0.3, -0.25) is 4.79 Å². The summed E-state index contributed by atoms with van der Waals surface area (Å²) in [4.78, 5) is 21.5. The van der Waals surface area contributed by atoms with Crippen molar-refractivity contribution in [1.82, 2.24) is 15.0 Å². The Balaban J connectivity index is 2.31. The number of hydrogen-bond acceptors (Lipinski definition) is 3. The number of nitrogens with one attached hydrogen (secondary N) is 1. The first-order valence-electron chi connectivity index (χ1n) is 4.43. The van der Waals surface area contributed by atoms with E-state index in [1.54, 1.807) is 18.5 Å². The van der Waals surface area contributed by atoms with Crippen LogP contribution in [0.15, 0.2) is 30.6 Å². The zero-order chi connectivity index (χ0) is 10.7. The van der Waals surface area contributed by atoms with Gasteiger partial charge in [0.15, 0.2) is 0 Å². The smallest absolute Gasteiger partial charge is 0.311 e. The van der Waals surface area contributed by atoms with Gasteiger partial charge in [0.2, 0.25) is 0 Å². The van der Waals surface area contributed by atoms with Crippen LogP contribution in [0.5, 0.6) is 0 Å². The predicted octanol–water partition coefficient (Wildman–Crippen LogP) is 1.10. The van der Waals surface area contributed by atoms with E-state index >= 15 is 0 Å². The maximum Gasteiger partial charge on any atom is 0.311 e. The fraction of sp³-hybridized carbons (Fsp3) is 0.100. The molecule has 0 unspecified atom stereocenters. The Hall–Kier alpha value is -2.17. The highest BCUT2D eigenvalue weighted by Gasteiger charge is 2.05. The van der Waals surface area contributed by atoms with Crippen molar-refractivity contribution in [1.29, 1.82) is 0 Å². The van der Waals surface area contributed by atoms with Crippen LogP contribution in [0.4, 0.5) is 0 Å². The van der Waals surface area contributed by atoms with E-state index in [-0.39, 0.29) is 6.42 Å². The standard InChI is InChI=1S/C10H9N3O2/c14-10(15)6-9-12-5-3-8(13-9)7-2-1-4-11-7/h1-5,11H,6H2,(H,14,15). The second kappa shape index (κ2) is 3.91. The lowest BCUT2D eigenvalue weighted by molar-refractivity contribution is -0.136. The minimum absolute atomic E-state index is 0.158. The quantitative estimate of drug-likeness (QED) is 0.782. The van der Waals surface area contributed by atoms with Crippen molar-refractivity contribution in [3.63, 3.8) is 0 Å². The lowest BCUT2D eigenvalue weighted by Crippen LogP contribution is -2.05. The first kappa shape index (κ1) is 9.39. The van der Waals surface area contributed by atoms with Gasteiger partial charge in [-0.25, -0.2) is 9.97 Å². The number of carbonyl (C=O) groups is 1. The van der Waals surface area contributed by atoms with Crippen molar-refractivity contribution in [2.24, 2.45) is 0 Å². The molecule has 76 valence electrons. The van der Waals surface area contributed by atoms with Gasteiger partial charge in [0, 0.05) is 12.4 Å². The Morgan fingerprint density at radius 1 is 1.47 bits per heavy atom. The fourth-order valence-corrected chi connectivity index (χ4v) is 1.26. The molecule has 5 heteroatoms. The highest BCUT2D eigenvalue weighted by atomic mass is 16.4. The van der Waals surface area contributed by atoms with Crippen LogP contribution < -0.4 is 0 Å². The summed E-state index contributed by atoms with van der Waals surface area (Å²) in [5.74, 6) is -0.617. The van der Waals surface area contributed by atoms with Gasteiger partial charge in [0.1, 0.15) is 12.2 Å². The van der Waals surface area contributed by atoms with Crippen LogP contribution >= 0.6 is 0 Å². The highest BCUT2D eigenvalue weighted by molar-refractivity contribution is 5.69. The molecule has 0 amide bonds. The van der Waals surface area contributed by atoms with Crippen molar-refractivity contribution >= 4 is 5.97 Å². The summed E-state index contributed by atoms with van der Waals surface area (Å²) in [5.41, 5.74) is 1.55. The second-order valence-corrected chi connectivity index (χ2v) is 3.01. The minimum Gasteiger partial charge on any atom is -0.481 e. The Kier molecular flexibility index (Phi) is 2.45. The first-order valence-corrected chi connectivity index (χ1v) is 4.43. The van der Waals surface area contributed by atoms with Gasteiger partial charge in [0.05, 0.1) is 11.4 Å². The molecule has 0 bridgehead atoms. The lowest BCUT2D eigenvalue weighted by atomic mass is 10.3. The number of aromatic amines is 1. The van der Waals surface area contributed by atoms with Crippen LogP contribution in [0.1, 0.15) is 5.82 Å². The van der Waals surface area contributed by atoms with E-state index in [0.29, 0.717) is 11.5 Å². The third kappa shape index (κ3) is 2.19. The molecule has 0 saturated carbocycles. The molecule has 0 saturated heterocycles. The molecule has 15 heavy (non-hydrogen) atoms. The van der Waals surface area contributed by atoms with Crippen molar-refractivity contribution < 1.29 is 9.90 Å². The van der Waals surface area contributed by atoms with Crippen molar-refractivity contribution in [3.8, 4) is 11.4 Å². The zero-order valence-corrected chi connectivity index (χ0v) is 7.84. The average molecular weight is 203 g/mol. The summed E-state index contributed by atoms with van der Waals surface area (Å²) in [6, 6.07) is 5.46. The van der Waals surface area contributed by atoms with E-state index in [4.69, 9.17) is 5.11 Å². The van der Waals surface area contributed by atoms with Gasteiger partial charge >= 0.3 is 5.97 Å². The molecule has 2 rings (SSSR count). The number of rotatable bonds is 3. The summed E-state index contributed by atoms with van der Waals surface area (Å²) in [6.07, 6.45) is 3.18. The molecule has 0 aliphatic carbocycles. The molecule has 0 aliphatic heterocycles. The zero-order valence-electron chi connectivity index (χ0n) is 7.84. The summed E-state index contributed by atoms with van der Waals surface area (Å²) in [5, 5.41) is 8.60. The van der Waals surface area contributed by atoms with Crippen LogP contribution in [0, 0.1) is 0 Å². The molecule has 2 aromatic rings. The molecule has 5 nitrogen and oxygen atoms in total. The van der Waals surface area contributed by atoms with Gasteiger partial charge in [-0.1, -0.05) is 0 Å². The molecule has 0 atom stereocenters. The molecular weight excluding hydrogens is 194 g/mol. The molecule has 2 heterocycles. The molecular formula is C10H9N3O2.